The van der Waals surface area contributed by atoms with Crippen molar-refractivity contribution in [2.45, 2.75) is 77.5 Å². The lowest BCUT2D eigenvalue weighted by Crippen LogP contribution is -2.58. The monoisotopic (exact) mass is 490 g/mol. The van der Waals surface area contributed by atoms with Crippen LogP contribution in [0, 0.1) is 0 Å². The Morgan fingerprint density at radius 3 is 2.37 bits per heavy atom. The molecule has 2 aromatic rings. The van der Waals surface area contributed by atoms with Crippen LogP contribution in [0.2, 0.25) is 0 Å². The zero-order chi connectivity index (χ0) is 25.4. The van der Waals surface area contributed by atoms with Crippen LogP contribution < -0.4 is 0 Å². The molecule has 1 saturated heterocycles. The number of para-hydroxylation sites is 1. The molecule has 0 bridgehead atoms. The number of fused-ring (bicyclic) bond motifs is 1. The smallest absolute Gasteiger partial charge is 0.456 e. The molecular weight excluding hydrogens is 458 g/mol. The standard InChI is InChI=1S/C25H31NO9/c1-4-19(27)32-18-14-31-25(24(34-21(29)6-3)23(18)33-20(28)5-2)35-22(30)12-11-15-13-26-17-10-8-7-9-16(15)17/h7-10,13,18,23-26H,4-6,11-12,14H2,1-3H3/p+1/t18-,23+,24?,25?/m1/s1. The molecule has 35 heavy (non-hydrogen) atoms. The molecular formula is C25H32NO9+. The summed E-state index contributed by atoms with van der Waals surface area (Å²) >= 11 is 0. The van der Waals surface area contributed by atoms with E-state index < -0.39 is 42.5 Å². The normalized spacial score (nSPS) is 21.8. The summed E-state index contributed by atoms with van der Waals surface area (Å²) in [5.41, 5.74) is 1.94. The number of ether oxygens (including phenoxy) is 5. The fraction of sp³-hybridized carbons (Fsp3) is 0.520. The number of hydrogen-bond donors (Lipinski definition) is 1. The van der Waals surface area contributed by atoms with Crippen molar-refractivity contribution in [2.75, 3.05) is 6.61 Å². The van der Waals surface area contributed by atoms with Crippen LogP contribution in [0.3, 0.4) is 0 Å². The highest BCUT2D eigenvalue weighted by molar-refractivity contribution is 5.83. The number of carbonyl (C=O) groups excluding carboxylic acids is 4. The number of hydrogen-bond acceptors (Lipinski definition) is 8. The number of H-pyrrole nitrogens is 1. The number of aryl methyl sites for hydroxylation is 1. The third kappa shape index (κ3) is 6.82. The van der Waals surface area contributed by atoms with Gasteiger partial charge in [0.25, 0.3) is 12.4 Å². The molecule has 2 N–H and O–H groups in total. The van der Waals surface area contributed by atoms with Gasteiger partial charge in [-0.15, -0.1) is 0 Å². The van der Waals surface area contributed by atoms with Gasteiger partial charge in [0.2, 0.25) is 6.10 Å². The molecule has 4 atom stereocenters. The summed E-state index contributed by atoms with van der Waals surface area (Å²) in [7, 11) is 0. The minimum Gasteiger partial charge on any atom is -0.456 e. The Labute approximate surface area is 203 Å². The zero-order valence-corrected chi connectivity index (χ0v) is 20.2. The van der Waals surface area contributed by atoms with E-state index in [0.717, 1.165) is 16.5 Å². The topological polar surface area (TPSA) is 135 Å². The molecule has 1 aliphatic heterocycles. The molecule has 10 nitrogen and oxygen atoms in total. The summed E-state index contributed by atoms with van der Waals surface area (Å²) in [6.45, 7) is 4.72. The van der Waals surface area contributed by atoms with Crippen LogP contribution >= 0.6 is 0 Å². The average Bonchev–Trinajstić information content (AvgIpc) is 3.28. The summed E-state index contributed by atoms with van der Waals surface area (Å²) in [6, 6.07) is 7.76. The SMILES string of the molecule is CCC(=O)O[C@@H]1C(OC(=[OH+])CC)C(OC(=O)CCc2c[nH]c3ccccc23)OC[C@H]1OC(=O)CC. The molecule has 0 saturated carbocycles. The first-order chi connectivity index (χ1) is 16.9. The summed E-state index contributed by atoms with van der Waals surface area (Å²) in [5.74, 6) is -2.01. The molecule has 1 fully saturated rings. The van der Waals surface area contributed by atoms with E-state index in [0.29, 0.717) is 6.42 Å². The van der Waals surface area contributed by atoms with Crippen molar-refractivity contribution >= 4 is 34.8 Å². The fourth-order valence-corrected chi connectivity index (χ4v) is 3.70. The number of carbonyl (C=O) groups is 3. The van der Waals surface area contributed by atoms with Crippen LogP contribution in [-0.2, 0) is 44.5 Å². The van der Waals surface area contributed by atoms with E-state index in [1.807, 2.05) is 30.5 Å². The molecule has 3 rings (SSSR count). The average molecular weight is 491 g/mol. The first-order valence-corrected chi connectivity index (χ1v) is 11.8. The Kier molecular flexibility index (Phi) is 9.25. The second-order valence-corrected chi connectivity index (χ2v) is 8.07. The molecule has 0 radical (unpaired) electrons. The number of benzene rings is 1. The van der Waals surface area contributed by atoms with Crippen LogP contribution in [0.5, 0.6) is 0 Å². The van der Waals surface area contributed by atoms with E-state index in [1.54, 1.807) is 20.8 Å². The Bertz CT molecular complexity index is 1050. The molecule has 190 valence electrons. The van der Waals surface area contributed by atoms with Gasteiger partial charge < -0.3 is 33.5 Å². The van der Waals surface area contributed by atoms with Gasteiger partial charge in [-0.25, -0.2) is 0 Å². The summed E-state index contributed by atoms with van der Waals surface area (Å²) in [4.78, 5) is 50.0. The largest absolute Gasteiger partial charge is 0.482 e. The molecule has 0 spiro atoms. The van der Waals surface area contributed by atoms with E-state index in [1.165, 1.54) is 0 Å². The molecule has 2 unspecified atom stereocenters. The van der Waals surface area contributed by atoms with E-state index in [2.05, 4.69) is 4.98 Å². The summed E-state index contributed by atoms with van der Waals surface area (Å²) in [5, 5.41) is 1.02. The third-order valence-electron chi connectivity index (χ3n) is 5.61. The first kappa shape index (κ1) is 26.2. The molecule has 1 aromatic heterocycles. The van der Waals surface area contributed by atoms with Crippen molar-refractivity contribution in [3.05, 3.63) is 36.0 Å². The minimum atomic E-state index is -1.29. The predicted molar refractivity (Wildman–Crippen MR) is 125 cm³/mol. The van der Waals surface area contributed by atoms with Gasteiger partial charge >= 0.3 is 23.9 Å². The summed E-state index contributed by atoms with van der Waals surface area (Å²) < 4.78 is 27.6. The van der Waals surface area contributed by atoms with Crippen LogP contribution in [-0.4, -0.2) is 64.9 Å². The third-order valence-corrected chi connectivity index (χ3v) is 5.61. The number of aromatic amines is 1. The van der Waals surface area contributed by atoms with Gasteiger partial charge in [-0.2, -0.15) is 0 Å². The Morgan fingerprint density at radius 1 is 0.943 bits per heavy atom. The van der Waals surface area contributed by atoms with Crippen molar-refractivity contribution in [1.82, 2.24) is 4.98 Å². The predicted octanol–water partition coefficient (Wildman–Crippen LogP) is 2.94. The highest BCUT2D eigenvalue weighted by Gasteiger charge is 2.53. The lowest BCUT2D eigenvalue weighted by molar-refractivity contribution is -0.268. The van der Waals surface area contributed by atoms with E-state index in [9.17, 15) is 19.2 Å². The lowest BCUT2D eigenvalue weighted by Gasteiger charge is -2.37. The molecule has 0 amide bonds. The highest BCUT2D eigenvalue weighted by atomic mass is 16.7. The summed E-state index contributed by atoms with van der Waals surface area (Å²) in [6.07, 6.45) is -2.00. The minimum absolute atomic E-state index is 0.0611. The van der Waals surface area contributed by atoms with Crippen LogP contribution in [0.25, 0.3) is 10.9 Å². The molecule has 10 heteroatoms. The molecule has 0 aliphatic carbocycles. The maximum Gasteiger partial charge on any atom is 0.482 e. The fourth-order valence-electron chi connectivity index (χ4n) is 3.70. The van der Waals surface area contributed by atoms with E-state index in [4.69, 9.17) is 23.7 Å². The molecule has 2 heterocycles. The maximum atomic E-state index is 12.7. The van der Waals surface area contributed by atoms with Gasteiger partial charge in [-0.3, -0.25) is 14.4 Å². The van der Waals surface area contributed by atoms with E-state index >= 15 is 0 Å². The van der Waals surface area contributed by atoms with Crippen molar-refractivity contribution in [3.63, 3.8) is 0 Å². The van der Waals surface area contributed by atoms with Crippen molar-refractivity contribution in [2.24, 2.45) is 0 Å². The van der Waals surface area contributed by atoms with Crippen LogP contribution in [0.15, 0.2) is 30.5 Å². The van der Waals surface area contributed by atoms with Gasteiger partial charge in [-0.05, 0) is 25.0 Å². The quantitative estimate of drug-likeness (QED) is 0.305. The molecule has 1 aliphatic rings. The van der Waals surface area contributed by atoms with Crippen LogP contribution in [0.4, 0.5) is 0 Å². The van der Waals surface area contributed by atoms with Crippen molar-refractivity contribution in [3.8, 4) is 0 Å². The second-order valence-electron chi connectivity index (χ2n) is 8.07. The van der Waals surface area contributed by atoms with Gasteiger partial charge in [0.05, 0.1) is 13.0 Å². The van der Waals surface area contributed by atoms with Crippen molar-refractivity contribution < 1.29 is 42.9 Å². The van der Waals surface area contributed by atoms with Gasteiger partial charge in [0.15, 0.2) is 6.10 Å². The number of nitrogens with one attached hydrogen (secondary N) is 1. The lowest BCUT2D eigenvalue weighted by atomic mass is 10.0. The van der Waals surface area contributed by atoms with Crippen LogP contribution in [0.1, 0.15) is 52.0 Å². The van der Waals surface area contributed by atoms with Gasteiger partial charge in [0.1, 0.15) is 0 Å². The Hall–Kier alpha value is -3.40. The van der Waals surface area contributed by atoms with Gasteiger partial charge in [0, 0.05) is 36.4 Å². The first-order valence-electron chi connectivity index (χ1n) is 11.8. The highest BCUT2D eigenvalue weighted by Crippen LogP contribution is 2.27. The van der Waals surface area contributed by atoms with Gasteiger partial charge in [-0.1, -0.05) is 32.0 Å². The number of esters is 4. The maximum absolute atomic E-state index is 12.7. The molecule has 1 aromatic carbocycles. The Balaban J connectivity index is 1.73. The number of aromatic nitrogens is 1. The van der Waals surface area contributed by atoms with E-state index in [-0.39, 0.29) is 38.3 Å². The second kappa shape index (κ2) is 12.3. The zero-order valence-electron chi connectivity index (χ0n) is 20.2. The number of rotatable bonds is 10. The van der Waals surface area contributed by atoms with Crippen molar-refractivity contribution in [1.29, 1.82) is 0 Å². The Morgan fingerprint density at radius 2 is 1.66 bits per heavy atom.